The molecule has 7 heteroatoms. The van der Waals surface area contributed by atoms with Crippen molar-refractivity contribution >= 4 is 32.7 Å². The molecule has 0 atom stereocenters. The zero-order chi connectivity index (χ0) is 14.8. The maximum absolute atomic E-state index is 11.1. The third kappa shape index (κ3) is 2.82. The second kappa shape index (κ2) is 5.45. The number of nitrogens with zero attached hydrogens (tertiary/aromatic N) is 3. The van der Waals surface area contributed by atoms with Crippen molar-refractivity contribution in [1.29, 1.82) is 0 Å². The van der Waals surface area contributed by atoms with Crippen LogP contribution in [-0.4, -0.2) is 14.9 Å². The molecule has 3 rings (SSSR count). The Kier molecular flexibility index (Phi) is 3.49. The van der Waals surface area contributed by atoms with Crippen molar-refractivity contribution in [2.45, 2.75) is 0 Å². The lowest BCUT2D eigenvalue weighted by Crippen LogP contribution is -1.94. The molecule has 0 unspecified atom stereocenters. The van der Waals surface area contributed by atoms with E-state index < -0.39 is 4.92 Å². The SMILES string of the molecule is O=[N+]([O-])c1cc(Br)ccc1Oc1ccc2nccnc2c1. The van der Waals surface area contributed by atoms with Crippen LogP contribution >= 0.6 is 15.9 Å². The van der Waals surface area contributed by atoms with Gasteiger partial charge in [0.2, 0.25) is 5.75 Å². The number of benzene rings is 2. The van der Waals surface area contributed by atoms with Gasteiger partial charge in [0.25, 0.3) is 0 Å². The highest BCUT2D eigenvalue weighted by Gasteiger charge is 2.16. The summed E-state index contributed by atoms with van der Waals surface area (Å²) in [5.41, 5.74) is 1.29. The van der Waals surface area contributed by atoms with E-state index in [4.69, 9.17) is 4.74 Å². The van der Waals surface area contributed by atoms with Crippen molar-refractivity contribution < 1.29 is 9.66 Å². The molecule has 0 radical (unpaired) electrons. The Morgan fingerprint density at radius 2 is 1.81 bits per heavy atom. The molecule has 0 N–H and O–H groups in total. The number of nitro benzene ring substituents is 1. The number of fused-ring (bicyclic) bond motifs is 1. The predicted octanol–water partition coefficient (Wildman–Crippen LogP) is 4.09. The molecule has 2 aromatic carbocycles. The van der Waals surface area contributed by atoms with Gasteiger partial charge in [-0.05, 0) is 24.3 Å². The Bertz CT molecular complexity index is 839. The summed E-state index contributed by atoms with van der Waals surface area (Å²) >= 11 is 3.20. The Hall–Kier alpha value is -2.54. The van der Waals surface area contributed by atoms with E-state index >= 15 is 0 Å². The van der Waals surface area contributed by atoms with Gasteiger partial charge in [-0.3, -0.25) is 20.1 Å². The smallest absolute Gasteiger partial charge is 0.312 e. The van der Waals surface area contributed by atoms with Crippen LogP contribution in [0.4, 0.5) is 5.69 Å². The Morgan fingerprint density at radius 1 is 1.05 bits per heavy atom. The van der Waals surface area contributed by atoms with Crippen LogP contribution in [-0.2, 0) is 0 Å². The highest BCUT2D eigenvalue weighted by molar-refractivity contribution is 9.10. The molecule has 0 aliphatic carbocycles. The fourth-order valence-electron chi connectivity index (χ4n) is 1.85. The summed E-state index contributed by atoms with van der Waals surface area (Å²) in [6, 6.07) is 9.77. The van der Waals surface area contributed by atoms with Gasteiger partial charge in [0, 0.05) is 29.0 Å². The molecule has 1 aromatic heterocycles. The number of hydrogen-bond acceptors (Lipinski definition) is 5. The fraction of sp³-hybridized carbons (Fsp3) is 0. The number of aromatic nitrogens is 2. The van der Waals surface area contributed by atoms with E-state index in [1.807, 2.05) is 0 Å². The van der Waals surface area contributed by atoms with E-state index in [2.05, 4.69) is 25.9 Å². The molecule has 0 spiro atoms. The minimum atomic E-state index is -0.485. The molecule has 0 fully saturated rings. The molecule has 0 saturated heterocycles. The van der Waals surface area contributed by atoms with E-state index in [1.165, 1.54) is 6.07 Å². The van der Waals surface area contributed by atoms with Crippen molar-refractivity contribution in [3.8, 4) is 11.5 Å². The van der Waals surface area contributed by atoms with E-state index in [0.29, 0.717) is 15.7 Å². The first kappa shape index (κ1) is 13.4. The first-order valence-electron chi connectivity index (χ1n) is 5.96. The molecule has 21 heavy (non-hydrogen) atoms. The van der Waals surface area contributed by atoms with Crippen LogP contribution in [0.5, 0.6) is 11.5 Å². The number of ether oxygens (including phenoxy) is 1. The molecule has 0 aliphatic rings. The van der Waals surface area contributed by atoms with Gasteiger partial charge in [0.1, 0.15) is 5.75 Å². The van der Waals surface area contributed by atoms with Gasteiger partial charge in [0.15, 0.2) is 0 Å². The molecule has 0 bridgehead atoms. The van der Waals surface area contributed by atoms with E-state index in [-0.39, 0.29) is 11.4 Å². The van der Waals surface area contributed by atoms with E-state index in [0.717, 1.165) is 5.52 Å². The summed E-state index contributed by atoms with van der Waals surface area (Å²) in [5, 5.41) is 11.1. The Labute approximate surface area is 127 Å². The number of nitro groups is 1. The maximum atomic E-state index is 11.1. The lowest BCUT2D eigenvalue weighted by atomic mass is 10.2. The van der Waals surface area contributed by atoms with Gasteiger partial charge in [-0.1, -0.05) is 15.9 Å². The molecule has 104 valence electrons. The minimum absolute atomic E-state index is 0.108. The summed E-state index contributed by atoms with van der Waals surface area (Å²) in [5.74, 6) is 0.639. The van der Waals surface area contributed by atoms with Crippen LogP contribution in [0.25, 0.3) is 11.0 Å². The third-order valence-electron chi connectivity index (χ3n) is 2.79. The molecule has 0 aliphatic heterocycles. The normalized spacial score (nSPS) is 10.5. The third-order valence-corrected chi connectivity index (χ3v) is 3.28. The molecule has 3 aromatic rings. The number of rotatable bonds is 3. The zero-order valence-electron chi connectivity index (χ0n) is 10.6. The second-order valence-electron chi connectivity index (χ2n) is 4.18. The van der Waals surface area contributed by atoms with Crippen molar-refractivity contribution in [3.05, 3.63) is 63.4 Å². The van der Waals surface area contributed by atoms with Crippen molar-refractivity contribution in [3.63, 3.8) is 0 Å². The fourth-order valence-corrected chi connectivity index (χ4v) is 2.20. The minimum Gasteiger partial charge on any atom is -0.450 e. The molecule has 0 saturated carbocycles. The van der Waals surface area contributed by atoms with Gasteiger partial charge in [-0.25, -0.2) is 0 Å². The zero-order valence-corrected chi connectivity index (χ0v) is 12.1. The van der Waals surface area contributed by atoms with Gasteiger partial charge >= 0.3 is 5.69 Å². The first-order chi connectivity index (χ1) is 10.1. The molecule has 6 nitrogen and oxygen atoms in total. The highest BCUT2D eigenvalue weighted by Crippen LogP contribution is 2.34. The summed E-state index contributed by atoms with van der Waals surface area (Å²) in [4.78, 5) is 18.9. The van der Waals surface area contributed by atoms with Crippen LogP contribution < -0.4 is 4.74 Å². The molecule has 0 amide bonds. The average molecular weight is 346 g/mol. The van der Waals surface area contributed by atoms with Crippen LogP contribution in [0.3, 0.4) is 0 Å². The van der Waals surface area contributed by atoms with Crippen molar-refractivity contribution in [2.75, 3.05) is 0 Å². The van der Waals surface area contributed by atoms with E-state index in [1.54, 1.807) is 42.7 Å². The standard InChI is InChI=1S/C14H8BrN3O3/c15-9-1-4-14(13(7-9)18(19)20)21-10-2-3-11-12(8-10)17-6-5-16-11/h1-8H. The second-order valence-corrected chi connectivity index (χ2v) is 5.09. The molecule has 1 heterocycles. The summed E-state index contributed by atoms with van der Waals surface area (Å²) in [7, 11) is 0. The Morgan fingerprint density at radius 3 is 2.57 bits per heavy atom. The number of hydrogen-bond donors (Lipinski definition) is 0. The average Bonchev–Trinajstić information content (AvgIpc) is 2.49. The van der Waals surface area contributed by atoms with Crippen LogP contribution in [0.1, 0.15) is 0 Å². The van der Waals surface area contributed by atoms with Crippen LogP contribution in [0.15, 0.2) is 53.3 Å². The topological polar surface area (TPSA) is 78.2 Å². The van der Waals surface area contributed by atoms with Gasteiger partial charge in [-0.15, -0.1) is 0 Å². The molecular weight excluding hydrogens is 338 g/mol. The first-order valence-corrected chi connectivity index (χ1v) is 6.75. The highest BCUT2D eigenvalue weighted by atomic mass is 79.9. The monoisotopic (exact) mass is 345 g/mol. The summed E-state index contributed by atoms with van der Waals surface area (Å²) < 4.78 is 6.22. The van der Waals surface area contributed by atoms with Crippen LogP contribution in [0, 0.1) is 10.1 Å². The molecular formula is C14H8BrN3O3. The summed E-state index contributed by atoms with van der Waals surface area (Å²) in [6.45, 7) is 0. The van der Waals surface area contributed by atoms with Gasteiger partial charge in [0.05, 0.1) is 16.0 Å². The number of halogens is 1. The Balaban J connectivity index is 2.00. The van der Waals surface area contributed by atoms with Crippen LogP contribution in [0.2, 0.25) is 0 Å². The van der Waals surface area contributed by atoms with Gasteiger partial charge in [-0.2, -0.15) is 0 Å². The largest absolute Gasteiger partial charge is 0.450 e. The summed E-state index contributed by atoms with van der Waals surface area (Å²) in [6.07, 6.45) is 3.18. The predicted molar refractivity (Wildman–Crippen MR) is 80.4 cm³/mol. The van der Waals surface area contributed by atoms with Gasteiger partial charge < -0.3 is 4.74 Å². The van der Waals surface area contributed by atoms with E-state index in [9.17, 15) is 10.1 Å². The van der Waals surface area contributed by atoms with Crippen molar-refractivity contribution in [1.82, 2.24) is 9.97 Å². The lowest BCUT2D eigenvalue weighted by molar-refractivity contribution is -0.385. The maximum Gasteiger partial charge on any atom is 0.312 e. The lowest BCUT2D eigenvalue weighted by Gasteiger charge is -2.07. The quantitative estimate of drug-likeness (QED) is 0.527. The van der Waals surface area contributed by atoms with Crippen molar-refractivity contribution in [2.24, 2.45) is 0 Å².